The lowest BCUT2D eigenvalue weighted by atomic mass is 10.1. The van der Waals surface area contributed by atoms with Crippen molar-refractivity contribution in [2.75, 3.05) is 23.8 Å². The van der Waals surface area contributed by atoms with Crippen LogP contribution in [0.5, 0.6) is 5.75 Å². The highest BCUT2D eigenvalue weighted by Gasteiger charge is 2.33. The number of unbranched alkanes of at least 4 members (excludes halogenated alkanes) is 1. The Labute approximate surface area is 132 Å². The van der Waals surface area contributed by atoms with Gasteiger partial charge in [-0.1, -0.05) is 26.3 Å². The second kappa shape index (κ2) is 7.38. The van der Waals surface area contributed by atoms with Crippen LogP contribution in [0, 0.1) is 0 Å². The minimum atomic E-state index is -0.377. The van der Waals surface area contributed by atoms with Gasteiger partial charge < -0.3 is 20.1 Å². The summed E-state index contributed by atoms with van der Waals surface area (Å²) in [6.45, 7) is 7.12. The van der Waals surface area contributed by atoms with Crippen molar-refractivity contribution in [1.82, 2.24) is 0 Å². The van der Waals surface area contributed by atoms with Crippen molar-refractivity contribution in [1.29, 1.82) is 0 Å². The predicted molar refractivity (Wildman–Crippen MR) is 88.2 cm³/mol. The molecule has 5 nitrogen and oxygen atoms in total. The first kappa shape index (κ1) is 16.5. The van der Waals surface area contributed by atoms with E-state index in [-0.39, 0.29) is 18.1 Å². The first-order valence-corrected chi connectivity index (χ1v) is 8.06. The van der Waals surface area contributed by atoms with Gasteiger partial charge in [-0.3, -0.25) is 0 Å². The number of esters is 1. The topological polar surface area (TPSA) is 64.8 Å². The fraction of sp³-hybridized carbons (Fsp3) is 0.588. The molecule has 0 spiro atoms. The number of ether oxygens (including phenoxy) is 2. The number of hydrogen-bond acceptors (Lipinski definition) is 5. The summed E-state index contributed by atoms with van der Waals surface area (Å²) < 4.78 is 11.3. The van der Waals surface area contributed by atoms with Crippen LogP contribution >= 0.6 is 0 Å². The molecule has 122 valence electrons. The van der Waals surface area contributed by atoms with E-state index >= 15 is 0 Å². The van der Waals surface area contributed by atoms with Crippen molar-refractivity contribution in [2.45, 2.75) is 52.2 Å². The maximum Gasteiger partial charge on any atom is 0.328 e. The van der Waals surface area contributed by atoms with Crippen LogP contribution in [0.3, 0.4) is 0 Å². The monoisotopic (exact) mass is 306 g/mol. The van der Waals surface area contributed by atoms with Crippen LogP contribution in [0.15, 0.2) is 18.2 Å². The molecule has 22 heavy (non-hydrogen) atoms. The molecule has 0 saturated heterocycles. The lowest BCUT2D eigenvalue weighted by molar-refractivity contribution is -0.145. The fourth-order valence-electron chi connectivity index (χ4n) is 2.60. The van der Waals surface area contributed by atoms with E-state index in [2.05, 4.69) is 13.8 Å². The minimum Gasteiger partial charge on any atom is -0.486 e. The predicted octanol–water partition coefficient (Wildman–Crippen LogP) is 2.98. The molecular formula is C17H26N2O3. The number of carbonyl (C=O) groups is 1. The van der Waals surface area contributed by atoms with Gasteiger partial charge in [0.15, 0.2) is 0 Å². The van der Waals surface area contributed by atoms with Crippen molar-refractivity contribution in [3.63, 3.8) is 0 Å². The number of benzene rings is 1. The summed E-state index contributed by atoms with van der Waals surface area (Å²) >= 11 is 0. The smallest absolute Gasteiger partial charge is 0.328 e. The highest BCUT2D eigenvalue weighted by atomic mass is 16.5. The van der Waals surface area contributed by atoms with Gasteiger partial charge in [-0.15, -0.1) is 0 Å². The Morgan fingerprint density at radius 1 is 1.50 bits per heavy atom. The van der Waals surface area contributed by atoms with Crippen molar-refractivity contribution >= 4 is 17.3 Å². The minimum absolute atomic E-state index is 0.0557. The number of nitrogens with zero attached hydrogens (tertiary/aromatic N) is 1. The van der Waals surface area contributed by atoms with E-state index in [4.69, 9.17) is 15.2 Å². The molecule has 2 atom stereocenters. The number of nitrogen functional groups attached to an aromatic ring is 1. The molecule has 0 amide bonds. The molecule has 0 bridgehead atoms. The Kier molecular flexibility index (Phi) is 5.52. The molecule has 0 saturated carbocycles. The van der Waals surface area contributed by atoms with E-state index in [1.54, 1.807) is 0 Å². The van der Waals surface area contributed by atoms with E-state index < -0.39 is 0 Å². The highest BCUT2D eigenvalue weighted by Crippen LogP contribution is 2.39. The standard InChI is InChI=1S/C17H26N2O3/c1-4-6-10-21-17(20)12(3)19-11-13(5-2)22-15-9-7-8-14(18)16(15)19/h7-9,12-13H,4-6,10-11,18H2,1-3H3. The number of carbonyl (C=O) groups excluding carboxylic acids is 1. The second-order valence-electron chi connectivity index (χ2n) is 5.69. The molecule has 1 aromatic rings. The third-order valence-corrected chi connectivity index (χ3v) is 4.02. The number of anilines is 2. The van der Waals surface area contributed by atoms with Gasteiger partial charge in [0.1, 0.15) is 23.6 Å². The summed E-state index contributed by atoms with van der Waals surface area (Å²) in [5.74, 6) is 0.533. The number of hydrogen-bond donors (Lipinski definition) is 1. The molecule has 1 aliphatic heterocycles. The molecule has 1 aromatic carbocycles. The largest absolute Gasteiger partial charge is 0.486 e. The maximum absolute atomic E-state index is 12.3. The molecule has 0 aliphatic carbocycles. The maximum atomic E-state index is 12.3. The van der Waals surface area contributed by atoms with E-state index in [1.165, 1.54) is 0 Å². The van der Waals surface area contributed by atoms with Crippen molar-refractivity contribution in [3.05, 3.63) is 18.2 Å². The molecule has 2 rings (SSSR count). The van der Waals surface area contributed by atoms with E-state index in [9.17, 15) is 4.79 Å². The lowest BCUT2D eigenvalue weighted by Crippen LogP contribution is -2.48. The zero-order valence-corrected chi connectivity index (χ0v) is 13.7. The summed E-state index contributed by atoms with van der Waals surface area (Å²) in [6.07, 6.45) is 2.83. The SMILES string of the molecule is CCCCOC(=O)C(C)N1CC(CC)Oc2cccc(N)c21. The molecule has 2 unspecified atom stereocenters. The van der Waals surface area contributed by atoms with Gasteiger partial charge in [0, 0.05) is 0 Å². The molecule has 5 heteroatoms. The zero-order chi connectivity index (χ0) is 16.1. The summed E-state index contributed by atoms with van der Waals surface area (Å²) in [4.78, 5) is 14.3. The molecule has 0 aromatic heterocycles. The average Bonchev–Trinajstić information content (AvgIpc) is 2.53. The van der Waals surface area contributed by atoms with Crippen LogP contribution in [0.1, 0.15) is 40.0 Å². The zero-order valence-electron chi connectivity index (χ0n) is 13.7. The van der Waals surface area contributed by atoms with Gasteiger partial charge in [0.05, 0.1) is 18.8 Å². The Hall–Kier alpha value is -1.91. The van der Waals surface area contributed by atoms with Crippen LogP contribution in [-0.4, -0.2) is 31.3 Å². The average molecular weight is 306 g/mol. The van der Waals surface area contributed by atoms with Gasteiger partial charge in [-0.05, 0) is 31.9 Å². The van der Waals surface area contributed by atoms with Crippen LogP contribution in [-0.2, 0) is 9.53 Å². The van der Waals surface area contributed by atoms with Gasteiger partial charge in [-0.2, -0.15) is 0 Å². The van der Waals surface area contributed by atoms with E-state index in [0.29, 0.717) is 18.8 Å². The number of nitrogens with two attached hydrogens (primary N) is 1. The molecule has 0 fully saturated rings. The second-order valence-corrected chi connectivity index (χ2v) is 5.69. The normalized spacial score (nSPS) is 18.3. The molecular weight excluding hydrogens is 280 g/mol. The van der Waals surface area contributed by atoms with E-state index in [1.807, 2.05) is 30.0 Å². The third kappa shape index (κ3) is 3.46. The number of para-hydroxylation sites is 1. The van der Waals surface area contributed by atoms with Crippen LogP contribution in [0.4, 0.5) is 11.4 Å². The first-order valence-electron chi connectivity index (χ1n) is 8.06. The molecule has 2 N–H and O–H groups in total. The fourth-order valence-corrected chi connectivity index (χ4v) is 2.60. The van der Waals surface area contributed by atoms with Crippen molar-refractivity contribution in [3.8, 4) is 5.75 Å². The lowest BCUT2D eigenvalue weighted by Gasteiger charge is -2.39. The van der Waals surface area contributed by atoms with Crippen molar-refractivity contribution < 1.29 is 14.3 Å². The summed E-state index contributed by atoms with van der Waals surface area (Å²) in [5.41, 5.74) is 7.53. The van der Waals surface area contributed by atoms with Crippen molar-refractivity contribution in [2.24, 2.45) is 0 Å². The van der Waals surface area contributed by atoms with E-state index in [0.717, 1.165) is 30.7 Å². The Morgan fingerprint density at radius 3 is 2.95 bits per heavy atom. The van der Waals surface area contributed by atoms with Crippen LogP contribution in [0.2, 0.25) is 0 Å². The molecule has 1 aliphatic rings. The Bertz CT molecular complexity index is 519. The molecule has 0 radical (unpaired) electrons. The molecule has 1 heterocycles. The highest BCUT2D eigenvalue weighted by molar-refractivity contribution is 5.85. The van der Waals surface area contributed by atoms with Gasteiger partial charge in [0.25, 0.3) is 0 Å². The summed E-state index contributed by atoms with van der Waals surface area (Å²) in [6, 6.07) is 5.22. The third-order valence-electron chi connectivity index (χ3n) is 4.02. The summed E-state index contributed by atoms with van der Waals surface area (Å²) in [7, 11) is 0. The Balaban J connectivity index is 2.20. The van der Waals surface area contributed by atoms with Crippen LogP contribution in [0.25, 0.3) is 0 Å². The number of rotatable bonds is 6. The summed E-state index contributed by atoms with van der Waals surface area (Å²) in [5, 5.41) is 0. The number of fused-ring (bicyclic) bond motifs is 1. The van der Waals surface area contributed by atoms with Gasteiger partial charge in [-0.25, -0.2) is 4.79 Å². The van der Waals surface area contributed by atoms with Gasteiger partial charge in [0.2, 0.25) is 0 Å². The van der Waals surface area contributed by atoms with Crippen LogP contribution < -0.4 is 15.4 Å². The first-order chi connectivity index (χ1) is 10.6. The quantitative estimate of drug-likeness (QED) is 0.497. The van der Waals surface area contributed by atoms with Gasteiger partial charge >= 0.3 is 5.97 Å². The Morgan fingerprint density at radius 2 is 2.27 bits per heavy atom.